The van der Waals surface area contributed by atoms with Gasteiger partial charge in [0.1, 0.15) is 0 Å². The van der Waals surface area contributed by atoms with E-state index in [1.807, 2.05) is 0 Å². The summed E-state index contributed by atoms with van der Waals surface area (Å²) in [5, 5.41) is 0. The number of hydrogen-bond acceptors (Lipinski definition) is 0. The summed E-state index contributed by atoms with van der Waals surface area (Å²) in [6.45, 7) is 4.45. The molecule has 0 spiro atoms. The Morgan fingerprint density at radius 3 is 1.57 bits per heavy atom. The van der Waals surface area contributed by atoms with Crippen LogP contribution in [0.1, 0.15) is 13.8 Å². The van der Waals surface area contributed by atoms with Crippen LogP contribution in [0.2, 0.25) is 0 Å². The molecule has 0 fully saturated rings. The van der Waals surface area contributed by atoms with Crippen molar-refractivity contribution in [3.63, 3.8) is 0 Å². The fourth-order valence-electron chi connectivity index (χ4n) is 0.224. The Kier molecular flexibility index (Phi) is 4.22. The van der Waals surface area contributed by atoms with Gasteiger partial charge in [-0.3, -0.25) is 0 Å². The Bertz CT molecular complexity index is 81.7. The molecule has 0 bridgehead atoms. The van der Waals surface area contributed by atoms with E-state index in [9.17, 15) is 0 Å². The normalized spacial score (nSPS) is 11.9. The second kappa shape index (κ2) is 3.49. The average molecular weight is 247 g/mol. The molecule has 0 unspecified atom stereocenters. The van der Waals surface area contributed by atoms with E-state index in [-0.39, 0.29) is 0 Å². The Morgan fingerprint density at radius 2 is 1.57 bits per heavy atom. The average Bonchev–Trinajstić information content (AvgIpc) is 1.68. The predicted octanol–water partition coefficient (Wildman–Crippen LogP) is 1.21. The Hall–Kier alpha value is 1.47. The molecule has 0 saturated heterocycles. The predicted molar refractivity (Wildman–Crippen MR) is 39.5 cm³/mol. The van der Waals surface area contributed by atoms with Crippen molar-refractivity contribution in [3.8, 4) is 0 Å². The van der Waals surface area contributed by atoms with Crippen molar-refractivity contribution in [1.29, 1.82) is 0 Å². The summed E-state index contributed by atoms with van der Waals surface area (Å²) in [6.07, 6.45) is 2.59. The van der Waals surface area contributed by atoms with Crippen LogP contribution >= 0.6 is 4.20 Å². The Morgan fingerprint density at radius 1 is 1.29 bits per heavy atom. The van der Waals surface area contributed by atoms with Crippen molar-refractivity contribution < 1.29 is 0 Å². The van der Waals surface area contributed by atoms with Gasteiger partial charge in [-0.2, -0.15) is 0 Å². The monoisotopic (exact) mass is 249 g/mol. The molecule has 0 rings (SSSR count). The van der Waals surface area contributed by atoms with Crippen molar-refractivity contribution in [2.24, 2.45) is 0 Å². The van der Waals surface area contributed by atoms with E-state index in [1.165, 1.54) is 12.3 Å². The fraction of sp³-hybridized carbons (Fsp3) is 1.00. The van der Waals surface area contributed by atoms with Crippen LogP contribution in [0.3, 0.4) is 0 Å². The third kappa shape index (κ3) is 4.00. The van der Waals surface area contributed by atoms with Gasteiger partial charge < -0.3 is 0 Å². The van der Waals surface area contributed by atoms with Crippen LogP contribution in [-0.4, -0.2) is 43.0 Å². The maximum absolute atomic E-state index is 3.21. The third-order valence-corrected chi connectivity index (χ3v) is 9.39. The van der Waals surface area contributed by atoms with E-state index in [2.05, 4.69) is 44.5 Å². The summed E-state index contributed by atoms with van der Waals surface area (Å²) in [4.78, 5) is 0. The zero-order valence-corrected chi connectivity index (χ0v) is 9.00. The van der Waals surface area contributed by atoms with Gasteiger partial charge in [0.05, 0.1) is 0 Å². The molecule has 0 aliphatic heterocycles. The molecule has 0 aliphatic rings. The first-order valence-corrected chi connectivity index (χ1v) is 9.00. The zero-order valence-electron chi connectivity index (χ0n) is 4.68. The van der Waals surface area contributed by atoms with Gasteiger partial charge in [-0.25, -0.2) is 0 Å². The Balaban J connectivity index is 3.61. The van der Waals surface area contributed by atoms with Crippen molar-refractivity contribution in [3.05, 3.63) is 0 Å². The summed E-state index contributed by atoms with van der Waals surface area (Å²) < 4.78 is -0.654. The summed E-state index contributed by atoms with van der Waals surface area (Å²) in [6, 6.07) is 0. The molecule has 0 aromatic rings. The third-order valence-electron chi connectivity index (χ3n) is 0.964. The quantitative estimate of drug-likeness (QED) is 0.508. The van der Waals surface area contributed by atoms with E-state index in [1.54, 1.807) is 0 Å². The molecule has 0 heterocycles. The molecule has 0 amide bonds. The van der Waals surface area contributed by atoms with Gasteiger partial charge >= 0.3 is 61.0 Å². The van der Waals surface area contributed by atoms with Crippen LogP contribution in [-0.2, 0) is 0 Å². The number of hydrogen-bond donors (Lipinski definition) is 0. The SMILES string of the molecule is CCP([Se])(=[Se])CC. The molecule has 0 aromatic heterocycles. The van der Waals surface area contributed by atoms with Gasteiger partial charge in [0.15, 0.2) is 0 Å². The topological polar surface area (TPSA) is 0 Å². The summed E-state index contributed by atoms with van der Waals surface area (Å²) in [5.74, 6) is 0. The molecule has 1 radical (unpaired) electrons. The molecule has 0 nitrogen and oxygen atoms in total. The summed E-state index contributed by atoms with van der Waals surface area (Å²) >= 11 is 6.42. The molecule has 0 aromatic carbocycles. The first kappa shape index (κ1) is 8.47. The molecular weight excluding hydrogens is 237 g/mol. The van der Waals surface area contributed by atoms with E-state index < -0.39 is 4.20 Å². The van der Waals surface area contributed by atoms with Crippen LogP contribution in [0.5, 0.6) is 0 Å². The van der Waals surface area contributed by atoms with Gasteiger partial charge in [0.2, 0.25) is 0 Å². The van der Waals surface area contributed by atoms with Crippen molar-refractivity contribution in [1.82, 2.24) is 0 Å². The first-order chi connectivity index (χ1) is 3.12. The molecular formula is C4H10PSe2. The van der Waals surface area contributed by atoms with Crippen molar-refractivity contribution in [2.75, 3.05) is 12.3 Å². The molecule has 0 saturated carbocycles. The van der Waals surface area contributed by atoms with Crippen LogP contribution < -0.4 is 0 Å². The van der Waals surface area contributed by atoms with Gasteiger partial charge in [-0.05, 0) is 0 Å². The maximum atomic E-state index is 3.21. The molecule has 0 N–H and O–H groups in total. The van der Waals surface area contributed by atoms with Crippen LogP contribution in [0, 0.1) is 0 Å². The fourth-order valence-corrected chi connectivity index (χ4v) is 0.671. The van der Waals surface area contributed by atoms with Gasteiger partial charge in [0.25, 0.3) is 0 Å². The molecule has 3 heteroatoms. The van der Waals surface area contributed by atoms with Crippen LogP contribution in [0.15, 0.2) is 0 Å². The van der Waals surface area contributed by atoms with Crippen LogP contribution in [0.4, 0.5) is 0 Å². The van der Waals surface area contributed by atoms with E-state index in [4.69, 9.17) is 0 Å². The summed E-state index contributed by atoms with van der Waals surface area (Å²) in [5.41, 5.74) is 0. The van der Waals surface area contributed by atoms with E-state index in [0.29, 0.717) is 0 Å². The molecule has 43 valence electrons. The second-order valence-electron chi connectivity index (χ2n) is 1.45. The van der Waals surface area contributed by atoms with Gasteiger partial charge in [-0.15, -0.1) is 0 Å². The standard InChI is InChI=1S/C4H10PSe2/c1-3-5(6,7)4-2/h3-4H2,1-2H3. The van der Waals surface area contributed by atoms with E-state index in [0.717, 1.165) is 0 Å². The second-order valence-corrected chi connectivity index (χ2v) is 16.7. The Labute approximate surface area is 61.1 Å². The van der Waals surface area contributed by atoms with Gasteiger partial charge in [-0.1, -0.05) is 0 Å². The minimum atomic E-state index is -0.654. The first-order valence-electron chi connectivity index (χ1n) is 2.41. The summed E-state index contributed by atoms with van der Waals surface area (Å²) in [7, 11) is 0. The van der Waals surface area contributed by atoms with E-state index >= 15 is 0 Å². The van der Waals surface area contributed by atoms with Crippen molar-refractivity contribution in [2.45, 2.75) is 13.8 Å². The number of rotatable bonds is 2. The van der Waals surface area contributed by atoms with Gasteiger partial charge in [0, 0.05) is 0 Å². The molecule has 7 heavy (non-hydrogen) atoms. The molecule has 0 atom stereocenters. The van der Waals surface area contributed by atoms with Crippen molar-refractivity contribution >= 4 is 34.9 Å². The zero-order chi connectivity index (χ0) is 5.91. The van der Waals surface area contributed by atoms with Crippen LogP contribution in [0.25, 0.3) is 0 Å². The minimum absolute atomic E-state index is 0.654. The molecule has 0 aliphatic carbocycles.